The molecule has 0 aliphatic heterocycles. The predicted octanol–water partition coefficient (Wildman–Crippen LogP) is 3.20. The van der Waals surface area contributed by atoms with Gasteiger partial charge in [-0.25, -0.2) is 4.98 Å². The van der Waals surface area contributed by atoms with Crippen molar-refractivity contribution in [2.75, 3.05) is 0 Å². The van der Waals surface area contributed by atoms with Crippen LogP contribution >= 0.6 is 0 Å². The fourth-order valence-electron chi connectivity index (χ4n) is 2.97. The van der Waals surface area contributed by atoms with E-state index in [2.05, 4.69) is 10.3 Å². The molecule has 3 aromatic rings. The number of rotatable bonds is 7. The van der Waals surface area contributed by atoms with Gasteiger partial charge in [-0.2, -0.15) is 0 Å². The Morgan fingerprint density at radius 3 is 2.64 bits per heavy atom. The molecule has 0 saturated heterocycles. The Kier molecular flexibility index (Phi) is 6.09. The van der Waals surface area contributed by atoms with Gasteiger partial charge in [-0.3, -0.25) is 14.2 Å². The molecule has 1 aromatic heterocycles. The minimum absolute atomic E-state index is 0.112. The molecule has 0 fully saturated rings. The Hall–Kier alpha value is -3.15. The van der Waals surface area contributed by atoms with Crippen molar-refractivity contribution in [3.8, 4) is 5.75 Å². The first-order valence-electron chi connectivity index (χ1n) is 9.41. The number of carbonyl (C=O) groups is 1. The first kappa shape index (κ1) is 19.6. The lowest BCUT2D eigenvalue weighted by Gasteiger charge is -2.11. The van der Waals surface area contributed by atoms with Gasteiger partial charge < -0.3 is 10.1 Å². The molecule has 0 saturated carbocycles. The van der Waals surface area contributed by atoms with Gasteiger partial charge in [0.25, 0.3) is 5.56 Å². The van der Waals surface area contributed by atoms with Gasteiger partial charge in [-0.1, -0.05) is 24.3 Å². The van der Waals surface area contributed by atoms with Crippen LogP contribution in [0.2, 0.25) is 0 Å². The van der Waals surface area contributed by atoms with Crippen molar-refractivity contribution in [1.29, 1.82) is 0 Å². The van der Waals surface area contributed by atoms with Crippen molar-refractivity contribution in [1.82, 2.24) is 14.9 Å². The third-order valence-electron chi connectivity index (χ3n) is 4.42. The van der Waals surface area contributed by atoms with Crippen molar-refractivity contribution in [3.05, 3.63) is 70.3 Å². The predicted molar refractivity (Wildman–Crippen MR) is 109 cm³/mol. The molecule has 6 nitrogen and oxygen atoms in total. The van der Waals surface area contributed by atoms with Crippen LogP contribution in [0.5, 0.6) is 5.75 Å². The largest absolute Gasteiger partial charge is 0.491 e. The fourth-order valence-corrected chi connectivity index (χ4v) is 2.97. The smallest absolute Gasteiger partial charge is 0.261 e. The number of para-hydroxylation sites is 1. The van der Waals surface area contributed by atoms with Crippen molar-refractivity contribution in [2.24, 2.45) is 0 Å². The number of fused-ring (bicyclic) bond motifs is 1. The van der Waals surface area contributed by atoms with E-state index in [4.69, 9.17) is 4.74 Å². The molecule has 0 unspecified atom stereocenters. The van der Waals surface area contributed by atoms with Gasteiger partial charge in [0.15, 0.2) is 0 Å². The van der Waals surface area contributed by atoms with Crippen molar-refractivity contribution in [2.45, 2.75) is 46.4 Å². The number of carbonyl (C=O) groups excluding carboxylic acids is 1. The summed E-state index contributed by atoms with van der Waals surface area (Å²) in [6.07, 6.45) is 1.86. The molecule has 0 spiro atoms. The van der Waals surface area contributed by atoms with Crippen LogP contribution < -0.4 is 15.6 Å². The van der Waals surface area contributed by atoms with E-state index >= 15 is 0 Å². The summed E-state index contributed by atoms with van der Waals surface area (Å²) in [5, 5.41) is 3.46. The second kappa shape index (κ2) is 8.69. The third kappa shape index (κ3) is 4.76. The standard InChI is InChI=1S/C22H25N3O3/c1-15(2)28-18-9-7-17(8-10-18)13-23-20(26)11-12-25-14-24-21-16(3)5-4-6-19(21)22(25)27/h4-10,14-15H,11-13H2,1-3H3,(H,23,26). The Labute approximate surface area is 164 Å². The normalized spacial score (nSPS) is 11.0. The van der Waals surface area contributed by atoms with Gasteiger partial charge in [-0.05, 0) is 50.1 Å². The van der Waals surface area contributed by atoms with E-state index < -0.39 is 0 Å². The van der Waals surface area contributed by atoms with E-state index in [-0.39, 0.29) is 24.0 Å². The maximum atomic E-state index is 12.6. The highest BCUT2D eigenvalue weighted by atomic mass is 16.5. The van der Waals surface area contributed by atoms with Crippen LogP contribution in [0.15, 0.2) is 53.6 Å². The van der Waals surface area contributed by atoms with E-state index in [1.54, 1.807) is 6.07 Å². The molecule has 0 bridgehead atoms. The summed E-state index contributed by atoms with van der Waals surface area (Å²) in [6.45, 7) is 6.61. The molecule has 6 heteroatoms. The molecule has 146 valence electrons. The van der Waals surface area contributed by atoms with Crippen LogP contribution in [0.1, 0.15) is 31.4 Å². The lowest BCUT2D eigenvalue weighted by molar-refractivity contribution is -0.121. The molecule has 0 atom stereocenters. The van der Waals surface area contributed by atoms with Gasteiger partial charge in [0.2, 0.25) is 5.91 Å². The van der Waals surface area contributed by atoms with Gasteiger partial charge in [-0.15, -0.1) is 0 Å². The minimum Gasteiger partial charge on any atom is -0.491 e. The zero-order valence-electron chi connectivity index (χ0n) is 16.4. The summed E-state index contributed by atoms with van der Waals surface area (Å²) in [5.41, 5.74) is 2.54. The Morgan fingerprint density at radius 2 is 1.93 bits per heavy atom. The van der Waals surface area contributed by atoms with Crippen LogP contribution in [0.4, 0.5) is 0 Å². The zero-order valence-corrected chi connectivity index (χ0v) is 16.4. The topological polar surface area (TPSA) is 73.2 Å². The average molecular weight is 379 g/mol. The highest BCUT2D eigenvalue weighted by molar-refractivity contribution is 5.80. The van der Waals surface area contributed by atoms with Crippen LogP contribution in [0, 0.1) is 6.92 Å². The van der Waals surface area contributed by atoms with E-state index in [1.807, 2.05) is 57.2 Å². The Balaban J connectivity index is 1.55. The molecule has 2 aromatic carbocycles. The maximum Gasteiger partial charge on any atom is 0.261 e. The molecule has 0 aliphatic carbocycles. The molecule has 1 heterocycles. The van der Waals surface area contributed by atoms with Gasteiger partial charge >= 0.3 is 0 Å². The van der Waals surface area contributed by atoms with Crippen LogP contribution in [-0.4, -0.2) is 21.6 Å². The number of aromatic nitrogens is 2. The lowest BCUT2D eigenvalue weighted by Crippen LogP contribution is -2.27. The van der Waals surface area contributed by atoms with E-state index in [0.717, 1.165) is 16.9 Å². The van der Waals surface area contributed by atoms with Crippen LogP contribution in [0.25, 0.3) is 10.9 Å². The zero-order chi connectivity index (χ0) is 20.1. The maximum absolute atomic E-state index is 12.6. The van der Waals surface area contributed by atoms with Crippen LogP contribution in [0.3, 0.4) is 0 Å². The Morgan fingerprint density at radius 1 is 1.18 bits per heavy atom. The number of amides is 1. The molecule has 3 rings (SSSR count). The first-order chi connectivity index (χ1) is 13.4. The Bertz CT molecular complexity index is 1020. The van der Waals surface area contributed by atoms with Crippen LogP contribution in [-0.2, 0) is 17.9 Å². The van der Waals surface area contributed by atoms with Crippen molar-refractivity contribution in [3.63, 3.8) is 0 Å². The van der Waals surface area contributed by atoms with E-state index in [0.29, 0.717) is 24.0 Å². The molecule has 1 amide bonds. The summed E-state index contributed by atoms with van der Waals surface area (Å²) >= 11 is 0. The fraction of sp³-hybridized carbons (Fsp3) is 0.318. The highest BCUT2D eigenvalue weighted by Crippen LogP contribution is 2.14. The minimum atomic E-state index is -0.123. The number of hydrogen-bond donors (Lipinski definition) is 1. The molecule has 1 N–H and O–H groups in total. The molecular formula is C22H25N3O3. The third-order valence-corrected chi connectivity index (χ3v) is 4.42. The molecule has 0 aliphatic rings. The quantitative estimate of drug-likeness (QED) is 0.684. The number of nitrogens with one attached hydrogen (secondary N) is 1. The first-order valence-corrected chi connectivity index (χ1v) is 9.41. The summed E-state index contributed by atoms with van der Waals surface area (Å²) in [4.78, 5) is 29.1. The highest BCUT2D eigenvalue weighted by Gasteiger charge is 2.08. The second-order valence-electron chi connectivity index (χ2n) is 7.05. The molecule has 0 radical (unpaired) electrons. The summed E-state index contributed by atoms with van der Waals surface area (Å²) in [7, 11) is 0. The van der Waals surface area contributed by atoms with E-state index in [9.17, 15) is 9.59 Å². The van der Waals surface area contributed by atoms with Gasteiger partial charge in [0, 0.05) is 19.5 Å². The van der Waals surface area contributed by atoms with Gasteiger partial charge in [0.05, 0.1) is 23.3 Å². The number of hydrogen-bond acceptors (Lipinski definition) is 4. The number of nitrogens with zero attached hydrogens (tertiary/aromatic N) is 2. The van der Waals surface area contributed by atoms with E-state index in [1.165, 1.54) is 10.9 Å². The van der Waals surface area contributed by atoms with Gasteiger partial charge in [0.1, 0.15) is 5.75 Å². The van der Waals surface area contributed by atoms with Crippen molar-refractivity contribution >= 4 is 16.8 Å². The molecular weight excluding hydrogens is 354 g/mol. The summed E-state index contributed by atoms with van der Waals surface area (Å²) in [6, 6.07) is 13.2. The SMILES string of the molecule is Cc1cccc2c(=O)n(CCC(=O)NCc3ccc(OC(C)C)cc3)cnc12. The summed E-state index contributed by atoms with van der Waals surface area (Å²) in [5.74, 6) is 0.697. The number of ether oxygens (including phenoxy) is 1. The number of benzene rings is 2. The average Bonchev–Trinajstić information content (AvgIpc) is 2.67. The van der Waals surface area contributed by atoms with Crippen molar-refractivity contribution < 1.29 is 9.53 Å². The lowest BCUT2D eigenvalue weighted by atomic mass is 10.1. The second-order valence-corrected chi connectivity index (χ2v) is 7.05. The monoisotopic (exact) mass is 379 g/mol. The molecule has 28 heavy (non-hydrogen) atoms. The summed E-state index contributed by atoms with van der Waals surface area (Å²) < 4.78 is 7.09. The number of aryl methyl sites for hydroxylation is 2.